The summed E-state index contributed by atoms with van der Waals surface area (Å²) < 4.78 is 0. The Morgan fingerprint density at radius 2 is 1.73 bits per heavy atom. The lowest BCUT2D eigenvalue weighted by atomic mass is 10.1. The van der Waals surface area contributed by atoms with Crippen molar-refractivity contribution in [3.8, 4) is 0 Å². The summed E-state index contributed by atoms with van der Waals surface area (Å²) in [7, 11) is 0. The first-order valence-electron chi connectivity index (χ1n) is 6.30. The minimum Gasteiger partial charge on any atom is -0.360 e. The van der Waals surface area contributed by atoms with E-state index in [1.165, 1.54) is 0 Å². The first-order valence-corrected chi connectivity index (χ1v) is 6.71. The minimum atomic E-state index is -0.806. The van der Waals surface area contributed by atoms with Crippen LogP contribution in [0.5, 0.6) is 0 Å². The highest BCUT2D eigenvalue weighted by atomic mass is 32.1. The molecule has 0 spiro atoms. The third-order valence-electron chi connectivity index (χ3n) is 2.80. The Hall–Kier alpha value is -2.62. The maximum atomic E-state index is 12.0. The van der Waals surface area contributed by atoms with Crippen LogP contribution in [0, 0.1) is 20.2 Å². The summed E-state index contributed by atoms with van der Waals surface area (Å²) in [5, 5.41) is 26.8. The van der Waals surface area contributed by atoms with Crippen molar-refractivity contribution >= 4 is 34.6 Å². The first kappa shape index (κ1) is 17.4. The van der Waals surface area contributed by atoms with Gasteiger partial charge in [-0.1, -0.05) is 6.92 Å². The van der Waals surface area contributed by atoms with E-state index in [1.54, 1.807) is 0 Å². The molecule has 0 aromatic heterocycles. The molecule has 2 N–H and O–H groups in total. The highest BCUT2D eigenvalue weighted by Crippen LogP contribution is 2.22. The van der Waals surface area contributed by atoms with Crippen LogP contribution in [0.1, 0.15) is 30.6 Å². The van der Waals surface area contributed by atoms with Crippen LogP contribution in [0.3, 0.4) is 0 Å². The zero-order chi connectivity index (χ0) is 16.9. The van der Waals surface area contributed by atoms with Crippen molar-refractivity contribution in [2.24, 2.45) is 0 Å². The maximum Gasteiger partial charge on any atom is 0.277 e. The molecule has 1 amide bonds. The molecule has 0 aliphatic heterocycles. The Morgan fingerprint density at radius 1 is 1.23 bits per heavy atom. The van der Waals surface area contributed by atoms with Crippen molar-refractivity contribution in [3.05, 3.63) is 44.0 Å². The van der Waals surface area contributed by atoms with Crippen LogP contribution in [0.4, 0.5) is 11.4 Å². The quantitative estimate of drug-likeness (QED) is 0.480. The van der Waals surface area contributed by atoms with Crippen LogP contribution in [-0.4, -0.2) is 26.9 Å². The van der Waals surface area contributed by atoms with Gasteiger partial charge in [0.2, 0.25) is 0 Å². The summed E-state index contributed by atoms with van der Waals surface area (Å²) >= 11 is 4.93. The highest BCUT2D eigenvalue weighted by Gasteiger charge is 2.20. The number of hydrogen-bond acceptors (Lipinski definition) is 6. The molecule has 1 aromatic rings. The van der Waals surface area contributed by atoms with Gasteiger partial charge in [0, 0.05) is 18.2 Å². The summed E-state index contributed by atoms with van der Waals surface area (Å²) in [4.78, 5) is 31.9. The van der Waals surface area contributed by atoms with E-state index in [1.807, 2.05) is 13.8 Å². The number of carbonyl (C=O) groups is 1. The first-order chi connectivity index (χ1) is 10.2. The molecule has 0 fully saturated rings. The van der Waals surface area contributed by atoms with Gasteiger partial charge >= 0.3 is 0 Å². The number of benzene rings is 1. The zero-order valence-corrected chi connectivity index (χ0v) is 12.7. The lowest BCUT2D eigenvalue weighted by Gasteiger charge is -2.14. The Bertz CT molecular complexity index is 602. The second kappa shape index (κ2) is 7.41. The Balaban J connectivity index is 2.99. The molecule has 10 heteroatoms. The van der Waals surface area contributed by atoms with Crippen molar-refractivity contribution in [2.45, 2.75) is 26.3 Å². The van der Waals surface area contributed by atoms with Crippen LogP contribution >= 0.6 is 12.2 Å². The van der Waals surface area contributed by atoms with Crippen LogP contribution in [0.2, 0.25) is 0 Å². The molecule has 0 aliphatic rings. The second-order valence-electron chi connectivity index (χ2n) is 4.49. The number of amides is 1. The predicted molar refractivity (Wildman–Crippen MR) is 82.7 cm³/mol. The third kappa shape index (κ3) is 4.74. The molecular formula is C12H14N4O5S. The lowest BCUT2D eigenvalue weighted by molar-refractivity contribution is -0.394. The highest BCUT2D eigenvalue weighted by molar-refractivity contribution is 7.80. The Morgan fingerprint density at radius 3 is 2.14 bits per heavy atom. The van der Waals surface area contributed by atoms with Crippen LogP contribution in [0.15, 0.2) is 18.2 Å². The Labute approximate surface area is 131 Å². The van der Waals surface area contributed by atoms with Crippen molar-refractivity contribution < 1.29 is 14.6 Å². The zero-order valence-electron chi connectivity index (χ0n) is 11.9. The molecule has 0 saturated heterocycles. The Kier molecular flexibility index (Phi) is 5.87. The molecule has 0 saturated carbocycles. The largest absolute Gasteiger partial charge is 0.360 e. The number of rotatable bonds is 5. The van der Waals surface area contributed by atoms with E-state index in [9.17, 15) is 25.0 Å². The van der Waals surface area contributed by atoms with Crippen molar-refractivity contribution in [3.63, 3.8) is 0 Å². The van der Waals surface area contributed by atoms with Gasteiger partial charge in [0.15, 0.2) is 5.11 Å². The summed E-state index contributed by atoms with van der Waals surface area (Å²) in [5.74, 6) is -0.757. The smallest absolute Gasteiger partial charge is 0.277 e. The van der Waals surface area contributed by atoms with Gasteiger partial charge in [-0.3, -0.25) is 30.3 Å². The average molecular weight is 326 g/mol. The molecule has 0 bridgehead atoms. The van der Waals surface area contributed by atoms with Crippen LogP contribution < -0.4 is 10.6 Å². The minimum absolute atomic E-state index is 0.0345. The number of nitro groups is 2. The van der Waals surface area contributed by atoms with E-state index in [2.05, 4.69) is 10.6 Å². The maximum absolute atomic E-state index is 12.0. The van der Waals surface area contributed by atoms with Crippen molar-refractivity contribution in [1.82, 2.24) is 10.6 Å². The number of nitrogens with zero attached hydrogens (tertiary/aromatic N) is 2. The van der Waals surface area contributed by atoms with Gasteiger partial charge in [0.05, 0.1) is 21.5 Å². The van der Waals surface area contributed by atoms with Gasteiger partial charge in [-0.25, -0.2) is 0 Å². The molecule has 1 rings (SSSR count). The summed E-state index contributed by atoms with van der Waals surface area (Å²) in [6, 6.07) is 2.72. The average Bonchev–Trinajstić information content (AvgIpc) is 2.46. The van der Waals surface area contributed by atoms with Crippen LogP contribution in [-0.2, 0) is 0 Å². The number of nitrogens with one attached hydrogen (secondary N) is 2. The van der Waals surface area contributed by atoms with E-state index in [0.29, 0.717) is 0 Å². The lowest BCUT2D eigenvalue weighted by Crippen LogP contribution is -2.43. The van der Waals surface area contributed by atoms with Gasteiger partial charge in [0.1, 0.15) is 0 Å². The molecular weight excluding hydrogens is 312 g/mol. The van der Waals surface area contributed by atoms with Gasteiger partial charge < -0.3 is 5.32 Å². The summed E-state index contributed by atoms with van der Waals surface area (Å²) in [5.41, 5.74) is -1.30. The molecule has 1 aromatic carbocycles. The van der Waals surface area contributed by atoms with Gasteiger partial charge in [-0.05, 0) is 25.6 Å². The van der Waals surface area contributed by atoms with E-state index in [-0.39, 0.29) is 16.7 Å². The number of hydrogen-bond donors (Lipinski definition) is 2. The van der Waals surface area contributed by atoms with E-state index >= 15 is 0 Å². The molecule has 118 valence electrons. The predicted octanol–water partition coefficient (Wildman–Crippen LogP) is 1.91. The summed E-state index contributed by atoms with van der Waals surface area (Å²) in [6.07, 6.45) is 0.776. The van der Waals surface area contributed by atoms with Crippen molar-refractivity contribution in [1.29, 1.82) is 0 Å². The van der Waals surface area contributed by atoms with Crippen LogP contribution in [0.25, 0.3) is 0 Å². The van der Waals surface area contributed by atoms with Gasteiger partial charge in [-0.15, -0.1) is 0 Å². The van der Waals surface area contributed by atoms with E-state index in [0.717, 1.165) is 24.6 Å². The fourth-order valence-electron chi connectivity index (χ4n) is 1.47. The topological polar surface area (TPSA) is 127 Å². The SMILES string of the molecule is CCC(C)NC(=S)NC(=O)c1cc([N+](=O)[O-])cc([N+](=O)[O-])c1. The number of carbonyl (C=O) groups excluding carboxylic acids is 1. The van der Waals surface area contributed by atoms with E-state index in [4.69, 9.17) is 12.2 Å². The third-order valence-corrected chi connectivity index (χ3v) is 3.02. The molecule has 1 unspecified atom stereocenters. The molecule has 0 aliphatic carbocycles. The molecule has 0 radical (unpaired) electrons. The number of non-ortho nitro benzene ring substituents is 2. The number of nitro benzene ring substituents is 2. The normalized spacial score (nSPS) is 11.4. The fourth-order valence-corrected chi connectivity index (χ4v) is 1.77. The van der Waals surface area contributed by atoms with Gasteiger partial charge in [-0.2, -0.15) is 0 Å². The molecule has 22 heavy (non-hydrogen) atoms. The molecule has 9 nitrogen and oxygen atoms in total. The standard InChI is InChI=1S/C12H14N4O5S/c1-3-7(2)13-12(22)14-11(17)8-4-9(15(18)19)6-10(5-8)16(20)21/h4-7H,3H2,1-2H3,(H2,13,14,17,22). The monoisotopic (exact) mass is 326 g/mol. The molecule has 0 heterocycles. The van der Waals surface area contributed by atoms with E-state index < -0.39 is 27.1 Å². The summed E-state index contributed by atoms with van der Waals surface area (Å²) in [6.45, 7) is 3.78. The van der Waals surface area contributed by atoms with Crippen molar-refractivity contribution in [2.75, 3.05) is 0 Å². The fraction of sp³-hybridized carbons (Fsp3) is 0.333. The van der Waals surface area contributed by atoms with Gasteiger partial charge in [0.25, 0.3) is 17.3 Å². The second-order valence-corrected chi connectivity index (χ2v) is 4.90. The molecule has 1 atom stereocenters. The number of thiocarbonyl (C=S) groups is 1.